The molecule has 0 spiro atoms. The second-order valence-corrected chi connectivity index (χ2v) is 2.58. The molecule has 56 valence electrons. The molecule has 2 nitrogen and oxygen atoms in total. The van der Waals surface area contributed by atoms with Gasteiger partial charge in [-0.3, -0.25) is 4.79 Å². The fourth-order valence-electron chi connectivity index (χ4n) is 1.30. The Morgan fingerprint density at radius 2 is 2.50 bits per heavy atom. The number of Topliss-reactive ketones (excluding diaryl/α,β-unsaturated/α-hetero) is 1. The van der Waals surface area contributed by atoms with Gasteiger partial charge in [-0.1, -0.05) is 6.58 Å². The maximum Gasteiger partial charge on any atom is 0.143 e. The first-order valence-electron chi connectivity index (χ1n) is 3.51. The van der Waals surface area contributed by atoms with E-state index in [-0.39, 0.29) is 11.7 Å². The summed E-state index contributed by atoms with van der Waals surface area (Å²) in [5.74, 6) is 0.902. The van der Waals surface area contributed by atoms with Gasteiger partial charge in [0, 0.05) is 6.42 Å². The van der Waals surface area contributed by atoms with E-state index in [2.05, 4.69) is 6.58 Å². The number of carbonyl (C=O) groups is 1. The van der Waals surface area contributed by atoms with Gasteiger partial charge >= 0.3 is 0 Å². The summed E-state index contributed by atoms with van der Waals surface area (Å²) in [4.78, 5) is 11.0. The molecule has 0 aliphatic heterocycles. The Balaban J connectivity index is 2.55. The third-order valence-electron chi connectivity index (χ3n) is 1.96. The quantitative estimate of drug-likeness (QED) is 0.543. The maximum absolute atomic E-state index is 11.0. The topological polar surface area (TPSA) is 26.3 Å². The highest BCUT2D eigenvalue weighted by molar-refractivity contribution is 5.85. The highest BCUT2D eigenvalue weighted by Crippen LogP contribution is 2.26. The summed E-state index contributed by atoms with van der Waals surface area (Å²) in [5, 5.41) is 0. The Morgan fingerprint density at radius 1 is 1.80 bits per heavy atom. The molecule has 0 N–H and O–H groups in total. The van der Waals surface area contributed by atoms with E-state index in [0.29, 0.717) is 12.2 Å². The summed E-state index contributed by atoms with van der Waals surface area (Å²) in [7, 11) is 1.56. The van der Waals surface area contributed by atoms with Crippen molar-refractivity contribution in [1.29, 1.82) is 0 Å². The summed E-state index contributed by atoms with van der Waals surface area (Å²) >= 11 is 0. The van der Waals surface area contributed by atoms with Gasteiger partial charge in [0.15, 0.2) is 0 Å². The van der Waals surface area contributed by atoms with Crippen LogP contribution in [0.25, 0.3) is 0 Å². The lowest BCUT2D eigenvalue weighted by atomic mass is 10.1. The molecule has 0 aromatic rings. The second kappa shape index (κ2) is 2.86. The van der Waals surface area contributed by atoms with E-state index in [9.17, 15) is 4.79 Å². The number of hydrogen-bond donors (Lipinski definition) is 0. The first-order valence-corrected chi connectivity index (χ1v) is 3.51. The van der Waals surface area contributed by atoms with Crippen LogP contribution in [0.3, 0.4) is 0 Å². The van der Waals surface area contributed by atoms with E-state index < -0.39 is 0 Å². The van der Waals surface area contributed by atoms with Crippen LogP contribution in [0.2, 0.25) is 0 Å². The van der Waals surface area contributed by atoms with Gasteiger partial charge in [0.25, 0.3) is 0 Å². The number of methoxy groups -OCH3 is 1. The molecule has 0 aromatic heterocycles. The minimum Gasteiger partial charge on any atom is -0.501 e. The molecule has 1 aliphatic rings. The Morgan fingerprint density at radius 3 is 2.90 bits per heavy atom. The van der Waals surface area contributed by atoms with Crippen molar-refractivity contribution in [3.05, 3.63) is 12.3 Å². The van der Waals surface area contributed by atoms with Crippen LogP contribution in [-0.4, -0.2) is 12.9 Å². The standard InChI is InChI=1S/C8H12O2/c1-6(10-2)7-4-3-5-8(7)9/h7H,1,3-5H2,2H3. The van der Waals surface area contributed by atoms with Crippen LogP contribution in [0.5, 0.6) is 0 Å². The molecule has 1 fully saturated rings. The van der Waals surface area contributed by atoms with Crippen molar-refractivity contribution in [2.24, 2.45) is 5.92 Å². The summed E-state index contributed by atoms with van der Waals surface area (Å²) < 4.78 is 4.89. The summed E-state index contributed by atoms with van der Waals surface area (Å²) in [6, 6.07) is 0. The predicted molar refractivity (Wildman–Crippen MR) is 38.5 cm³/mol. The lowest BCUT2D eigenvalue weighted by molar-refractivity contribution is -0.120. The molecule has 1 unspecified atom stereocenters. The van der Waals surface area contributed by atoms with E-state index >= 15 is 0 Å². The fourth-order valence-corrected chi connectivity index (χ4v) is 1.30. The normalized spacial score (nSPS) is 24.9. The molecule has 1 rings (SSSR count). The fraction of sp³-hybridized carbons (Fsp3) is 0.625. The molecule has 2 heteroatoms. The average Bonchev–Trinajstić information content (AvgIpc) is 2.34. The largest absolute Gasteiger partial charge is 0.501 e. The highest BCUT2D eigenvalue weighted by Gasteiger charge is 2.27. The van der Waals surface area contributed by atoms with Gasteiger partial charge in [0.1, 0.15) is 5.78 Å². The zero-order valence-corrected chi connectivity index (χ0v) is 6.22. The molecule has 1 saturated carbocycles. The molecule has 0 aromatic carbocycles. The molecule has 0 amide bonds. The first kappa shape index (κ1) is 7.32. The zero-order valence-electron chi connectivity index (χ0n) is 6.22. The number of ether oxygens (including phenoxy) is 1. The Bertz CT molecular complexity index is 161. The highest BCUT2D eigenvalue weighted by atomic mass is 16.5. The van der Waals surface area contributed by atoms with E-state index in [1.807, 2.05) is 0 Å². The van der Waals surface area contributed by atoms with Crippen LogP contribution in [0.15, 0.2) is 12.3 Å². The van der Waals surface area contributed by atoms with E-state index in [0.717, 1.165) is 12.8 Å². The van der Waals surface area contributed by atoms with Gasteiger partial charge in [-0.2, -0.15) is 0 Å². The first-order chi connectivity index (χ1) is 4.75. The number of allylic oxidation sites excluding steroid dienone is 1. The van der Waals surface area contributed by atoms with Gasteiger partial charge in [0.2, 0.25) is 0 Å². The molecule has 0 heterocycles. The lowest BCUT2D eigenvalue weighted by Crippen LogP contribution is -2.09. The minimum absolute atomic E-state index is 0.00926. The van der Waals surface area contributed by atoms with Crippen molar-refractivity contribution in [2.75, 3.05) is 7.11 Å². The van der Waals surface area contributed by atoms with Crippen LogP contribution < -0.4 is 0 Å². The van der Waals surface area contributed by atoms with Gasteiger partial charge < -0.3 is 4.74 Å². The van der Waals surface area contributed by atoms with Crippen LogP contribution in [0, 0.1) is 5.92 Å². The van der Waals surface area contributed by atoms with Crippen molar-refractivity contribution >= 4 is 5.78 Å². The smallest absolute Gasteiger partial charge is 0.143 e. The predicted octanol–water partition coefficient (Wildman–Crippen LogP) is 1.52. The van der Waals surface area contributed by atoms with Gasteiger partial charge in [-0.25, -0.2) is 0 Å². The number of hydrogen-bond acceptors (Lipinski definition) is 2. The van der Waals surface area contributed by atoms with Crippen LogP contribution in [0.4, 0.5) is 0 Å². The Hall–Kier alpha value is -0.790. The summed E-state index contributed by atoms with van der Waals surface area (Å²) in [6.45, 7) is 3.66. The minimum atomic E-state index is -0.00926. The van der Waals surface area contributed by atoms with Gasteiger partial charge in [-0.05, 0) is 12.8 Å². The summed E-state index contributed by atoms with van der Waals surface area (Å²) in [5.41, 5.74) is 0. The van der Waals surface area contributed by atoms with E-state index in [1.54, 1.807) is 7.11 Å². The molecule has 1 aliphatic carbocycles. The van der Waals surface area contributed by atoms with Crippen molar-refractivity contribution in [1.82, 2.24) is 0 Å². The van der Waals surface area contributed by atoms with E-state index in [1.165, 1.54) is 0 Å². The van der Waals surface area contributed by atoms with Crippen LogP contribution in [-0.2, 0) is 9.53 Å². The van der Waals surface area contributed by atoms with E-state index in [4.69, 9.17) is 4.74 Å². The molecule has 0 radical (unpaired) electrons. The number of ketones is 1. The summed E-state index contributed by atoms with van der Waals surface area (Å²) in [6.07, 6.45) is 2.62. The molecule has 0 saturated heterocycles. The zero-order chi connectivity index (χ0) is 7.56. The number of rotatable bonds is 2. The van der Waals surface area contributed by atoms with Crippen molar-refractivity contribution in [3.8, 4) is 0 Å². The SMILES string of the molecule is C=C(OC)C1CCCC1=O. The average molecular weight is 140 g/mol. The monoisotopic (exact) mass is 140 g/mol. The molecule has 1 atom stereocenters. The Kier molecular flexibility index (Phi) is 2.10. The van der Waals surface area contributed by atoms with Crippen molar-refractivity contribution in [3.63, 3.8) is 0 Å². The molecular formula is C8H12O2. The second-order valence-electron chi connectivity index (χ2n) is 2.58. The molecule has 10 heavy (non-hydrogen) atoms. The van der Waals surface area contributed by atoms with Crippen LogP contribution >= 0.6 is 0 Å². The van der Waals surface area contributed by atoms with Crippen molar-refractivity contribution < 1.29 is 9.53 Å². The van der Waals surface area contributed by atoms with Gasteiger partial charge in [-0.15, -0.1) is 0 Å². The van der Waals surface area contributed by atoms with Gasteiger partial charge in [0.05, 0.1) is 18.8 Å². The maximum atomic E-state index is 11.0. The number of carbonyl (C=O) groups excluding carboxylic acids is 1. The van der Waals surface area contributed by atoms with Crippen molar-refractivity contribution in [2.45, 2.75) is 19.3 Å². The molecular weight excluding hydrogens is 128 g/mol. The third kappa shape index (κ3) is 1.20. The third-order valence-corrected chi connectivity index (χ3v) is 1.96. The lowest BCUT2D eigenvalue weighted by Gasteiger charge is -2.08. The van der Waals surface area contributed by atoms with Crippen LogP contribution in [0.1, 0.15) is 19.3 Å². The molecule has 0 bridgehead atoms. The Labute approximate surface area is 60.9 Å².